The monoisotopic (exact) mass is 239 g/mol. The van der Waals surface area contributed by atoms with Crippen molar-refractivity contribution < 1.29 is 13.2 Å². The predicted octanol–water partition coefficient (Wildman–Crippen LogP) is 3.00. The lowest BCUT2D eigenvalue weighted by Crippen LogP contribution is -2.05. The third-order valence-electron chi connectivity index (χ3n) is 1.29. The van der Waals surface area contributed by atoms with Gasteiger partial charge in [0.1, 0.15) is 0 Å². The van der Waals surface area contributed by atoms with Crippen molar-refractivity contribution in [3.63, 3.8) is 0 Å². The molecular weight excluding hydrogens is 235 g/mol. The van der Waals surface area contributed by atoms with E-state index in [4.69, 9.17) is 0 Å². The minimum atomic E-state index is -4.29. The van der Waals surface area contributed by atoms with Crippen LogP contribution in [0, 0.1) is 0 Å². The maximum absolute atomic E-state index is 12.0. The molecule has 5 heteroatoms. The van der Waals surface area contributed by atoms with E-state index < -0.39 is 11.7 Å². The Balaban J connectivity index is 2.93. The standard InChI is InChI=1S/C7H5BrF3N/c8-3-6-2-1-5(4-12-6)7(9,10)11/h1-2,4H,3H2. The molecular formula is C7H5BrF3N. The van der Waals surface area contributed by atoms with Crippen molar-refractivity contribution in [3.8, 4) is 0 Å². The summed E-state index contributed by atoms with van der Waals surface area (Å²) in [5.41, 5.74) is -0.129. The molecule has 0 aromatic carbocycles. The number of pyridine rings is 1. The predicted molar refractivity (Wildman–Crippen MR) is 41.9 cm³/mol. The van der Waals surface area contributed by atoms with E-state index in [0.717, 1.165) is 12.3 Å². The Labute approximate surface area is 75.7 Å². The first-order valence-electron chi connectivity index (χ1n) is 3.12. The van der Waals surface area contributed by atoms with Crippen LogP contribution in [0.1, 0.15) is 11.3 Å². The van der Waals surface area contributed by atoms with Gasteiger partial charge in [-0.3, -0.25) is 4.98 Å². The van der Waals surface area contributed by atoms with E-state index in [1.54, 1.807) is 0 Å². The van der Waals surface area contributed by atoms with E-state index in [0.29, 0.717) is 11.0 Å². The molecule has 0 amide bonds. The second-order valence-electron chi connectivity index (χ2n) is 2.17. The van der Waals surface area contributed by atoms with Gasteiger partial charge in [-0.25, -0.2) is 0 Å². The van der Waals surface area contributed by atoms with Crippen molar-refractivity contribution in [2.45, 2.75) is 11.5 Å². The summed E-state index contributed by atoms with van der Waals surface area (Å²) in [6.45, 7) is 0. The summed E-state index contributed by atoms with van der Waals surface area (Å²) in [4.78, 5) is 3.60. The second kappa shape index (κ2) is 3.43. The van der Waals surface area contributed by atoms with E-state index in [9.17, 15) is 13.2 Å². The Morgan fingerprint density at radius 2 is 2.00 bits per heavy atom. The SMILES string of the molecule is FC(F)(F)c1ccc(CBr)nc1. The minimum Gasteiger partial charge on any atom is -0.260 e. The maximum Gasteiger partial charge on any atom is 0.417 e. The van der Waals surface area contributed by atoms with Gasteiger partial charge in [0.25, 0.3) is 0 Å². The zero-order chi connectivity index (χ0) is 9.19. The topological polar surface area (TPSA) is 12.9 Å². The van der Waals surface area contributed by atoms with Crippen LogP contribution in [0.5, 0.6) is 0 Å². The summed E-state index contributed by atoms with van der Waals surface area (Å²) in [6.07, 6.45) is -3.46. The molecule has 0 fully saturated rings. The molecule has 1 nitrogen and oxygen atoms in total. The van der Waals surface area contributed by atoms with Gasteiger partial charge in [-0.15, -0.1) is 0 Å². The summed E-state index contributed by atoms with van der Waals surface area (Å²) in [7, 11) is 0. The molecule has 0 aliphatic carbocycles. The number of aromatic nitrogens is 1. The number of rotatable bonds is 1. The van der Waals surface area contributed by atoms with Crippen molar-refractivity contribution in [1.82, 2.24) is 4.98 Å². The minimum absolute atomic E-state index is 0.463. The average molecular weight is 240 g/mol. The summed E-state index contributed by atoms with van der Waals surface area (Å²) >= 11 is 3.09. The molecule has 0 radical (unpaired) electrons. The molecule has 12 heavy (non-hydrogen) atoms. The molecule has 0 bridgehead atoms. The summed E-state index contributed by atoms with van der Waals surface area (Å²) in [6, 6.07) is 2.36. The fraction of sp³-hybridized carbons (Fsp3) is 0.286. The Bertz CT molecular complexity index is 254. The summed E-state index contributed by atoms with van der Waals surface area (Å²) in [5, 5.41) is 0.463. The Hall–Kier alpha value is -0.580. The molecule has 1 aromatic heterocycles. The zero-order valence-electron chi connectivity index (χ0n) is 5.90. The number of hydrogen-bond acceptors (Lipinski definition) is 1. The van der Waals surface area contributed by atoms with Gasteiger partial charge in [0.05, 0.1) is 11.3 Å². The van der Waals surface area contributed by atoms with Crippen molar-refractivity contribution in [3.05, 3.63) is 29.6 Å². The van der Waals surface area contributed by atoms with E-state index in [2.05, 4.69) is 20.9 Å². The van der Waals surface area contributed by atoms with E-state index in [1.807, 2.05) is 0 Å². The number of hydrogen-bond donors (Lipinski definition) is 0. The first-order valence-corrected chi connectivity index (χ1v) is 4.24. The third kappa shape index (κ3) is 2.20. The molecule has 0 aliphatic rings. The van der Waals surface area contributed by atoms with Crippen LogP contribution in [0.25, 0.3) is 0 Å². The molecule has 1 rings (SSSR count). The highest BCUT2D eigenvalue weighted by atomic mass is 79.9. The molecule has 0 saturated heterocycles. The number of halogens is 4. The van der Waals surface area contributed by atoms with E-state index in [1.165, 1.54) is 6.07 Å². The van der Waals surface area contributed by atoms with Gasteiger partial charge >= 0.3 is 6.18 Å². The van der Waals surface area contributed by atoms with Gasteiger partial charge in [0, 0.05) is 11.5 Å². The van der Waals surface area contributed by atoms with Crippen molar-refractivity contribution in [2.75, 3.05) is 0 Å². The van der Waals surface area contributed by atoms with Crippen molar-refractivity contribution >= 4 is 15.9 Å². The fourth-order valence-corrected chi connectivity index (χ4v) is 1.00. The first-order chi connectivity index (χ1) is 5.54. The Morgan fingerprint density at radius 3 is 2.33 bits per heavy atom. The lowest BCUT2D eigenvalue weighted by Gasteiger charge is -2.05. The Morgan fingerprint density at radius 1 is 1.33 bits per heavy atom. The second-order valence-corrected chi connectivity index (χ2v) is 2.73. The normalized spacial score (nSPS) is 11.7. The molecule has 0 N–H and O–H groups in total. The van der Waals surface area contributed by atoms with Crippen LogP contribution in [0.15, 0.2) is 18.3 Å². The van der Waals surface area contributed by atoms with Gasteiger partial charge in [-0.1, -0.05) is 15.9 Å². The van der Waals surface area contributed by atoms with Crippen LogP contribution in [0.2, 0.25) is 0 Å². The highest BCUT2D eigenvalue weighted by molar-refractivity contribution is 9.08. The van der Waals surface area contributed by atoms with Gasteiger partial charge in [-0.05, 0) is 12.1 Å². The van der Waals surface area contributed by atoms with E-state index >= 15 is 0 Å². The van der Waals surface area contributed by atoms with Crippen LogP contribution in [0.4, 0.5) is 13.2 Å². The molecule has 0 aliphatic heterocycles. The lowest BCUT2D eigenvalue weighted by atomic mass is 10.2. The molecule has 1 heterocycles. The Kier molecular flexibility index (Phi) is 2.72. The van der Waals surface area contributed by atoms with Crippen LogP contribution in [-0.4, -0.2) is 4.98 Å². The zero-order valence-corrected chi connectivity index (χ0v) is 7.48. The van der Waals surface area contributed by atoms with Crippen LogP contribution in [-0.2, 0) is 11.5 Å². The molecule has 0 unspecified atom stereocenters. The van der Waals surface area contributed by atoms with Gasteiger partial charge in [0.15, 0.2) is 0 Å². The smallest absolute Gasteiger partial charge is 0.260 e. The molecule has 66 valence electrons. The third-order valence-corrected chi connectivity index (χ3v) is 1.86. The van der Waals surface area contributed by atoms with Crippen LogP contribution in [0.3, 0.4) is 0 Å². The van der Waals surface area contributed by atoms with Gasteiger partial charge < -0.3 is 0 Å². The maximum atomic E-state index is 12.0. The quantitative estimate of drug-likeness (QED) is 0.687. The largest absolute Gasteiger partial charge is 0.417 e. The van der Waals surface area contributed by atoms with Gasteiger partial charge in [0.2, 0.25) is 0 Å². The first kappa shape index (κ1) is 9.51. The average Bonchev–Trinajstić information content (AvgIpc) is 2.03. The highest BCUT2D eigenvalue weighted by Gasteiger charge is 2.30. The number of nitrogens with zero attached hydrogens (tertiary/aromatic N) is 1. The molecule has 1 aromatic rings. The molecule has 0 atom stereocenters. The molecule has 0 spiro atoms. The van der Waals surface area contributed by atoms with E-state index in [-0.39, 0.29) is 0 Å². The number of alkyl halides is 4. The lowest BCUT2D eigenvalue weighted by molar-refractivity contribution is -0.137. The van der Waals surface area contributed by atoms with Crippen molar-refractivity contribution in [2.24, 2.45) is 0 Å². The van der Waals surface area contributed by atoms with Gasteiger partial charge in [-0.2, -0.15) is 13.2 Å². The van der Waals surface area contributed by atoms with Crippen molar-refractivity contribution in [1.29, 1.82) is 0 Å². The van der Waals surface area contributed by atoms with Crippen LogP contribution < -0.4 is 0 Å². The summed E-state index contributed by atoms with van der Waals surface area (Å²) < 4.78 is 35.9. The van der Waals surface area contributed by atoms with Crippen LogP contribution >= 0.6 is 15.9 Å². The highest BCUT2D eigenvalue weighted by Crippen LogP contribution is 2.28. The fourth-order valence-electron chi connectivity index (χ4n) is 0.671. The molecule has 0 saturated carbocycles. The summed E-state index contributed by atoms with van der Waals surface area (Å²) in [5.74, 6) is 0.